The largest absolute Gasteiger partial charge is 2.00 e. The Morgan fingerprint density at radius 3 is 1.66 bits per heavy atom. The standard InChI is InChI=1S/C11H10F2.C10H11F2N.C10H9F2N.C9H15NO3.C6H3BrF2.C4H7NO.C4H8O.C3H7.C2H3N.CH4O.B.ClH.I2.Mg.Na.H/c12-9-5-6-11(13)10(7-9)8-3-1-2-4-8;2*11-7-3-4-9(12)8(6-7)10-2-1-5-13-10;1-9(2,3)13-8(12)10-6-4-5-7(10)11;7-5-3-4(8)1-2-6(5)9;6-4-2-1-3-5-4;1-2-4-5-3-1;1-3-2;1-2-3;1-2;;;1-2;;;/h3,5-7H,1-2,4H2;3-4,6,10,13H,1-2,5H2;3-4,6H,1-2,5H2;4-6H2,1-3H3;1-3H;1-3H2,(H,5,6);1-4H2;3H,1-2H3;1H3;2H,1H3;;1H;;;;/q;;;;;;;-1;;;;;;+2;+1;-1/p-1. The number of nitrogens with zero attached hydrogens (tertiary/aromatic N) is 3. The van der Waals surface area contributed by atoms with Gasteiger partial charge in [0.25, 0.3) is 0 Å². The maximum atomic E-state index is 13.2. The van der Waals surface area contributed by atoms with Crippen molar-refractivity contribution in [2.45, 2.75) is 137 Å². The number of carbonyl (C=O) groups excluding carboxylic acids is 3. The molecule has 1 atom stereocenters. The number of imide groups is 1. The number of allylic oxidation sites excluding steroid dienone is 2. The summed E-state index contributed by atoms with van der Waals surface area (Å²) in [6, 6.07) is 15.6. The van der Waals surface area contributed by atoms with E-state index < -0.39 is 29.1 Å². The van der Waals surface area contributed by atoms with E-state index in [0.717, 1.165) is 152 Å². The number of hydrogen-bond acceptors (Lipinski definition) is 9. The number of aliphatic imine (C=N–C) groups is 1. The number of nitriles is 1. The predicted octanol–water partition coefficient (Wildman–Crippen LogP) is 9.93. The van der Waals surface area contributed by atoms with E-state index in [0.29, 0.717) is 35.4 Å². The molecule has 1 aliphatic carbocycles. The van der Waals surface area contributed by atoms with Gasteiger partial charge in [-0.15, -0.1) is 0 Å². The second-order valence-corrected chi connectivity index (χ2v) is 19.7. The van der Waals surface area contributed by atoms with Crippen molar-refractivity contribution in [1.82, 2.24) is 15.5 Å². The van der Waals surface area contributed by atoms with E-state index in [4.69, 9.17) is 19.8 Å². The van der Waals surface area contributed by atoms with Gasteiger partial charge >= 0.3 is 58.7 Å². The predicted molar refractivity (Wildman–Crippen MR) is 341 cm³/mol. The minimum Gasteiger partial charge on any atom is -1.00 e. The molecule has 4 fully saturated rings. The maximum absolute atomic E-state index is 13.2. The SMILES string of the molecule is C1CCOC1.CC#N.CC(C)(C)OC(=O)N1CCCC1=O.CO.C[CH-]C.Fc1ccc(F)c(Br)c1.Fc1ccc(F)c(C2=CCCC2)c1.Fc1ccc(F)c(C2=NCCC2)c1.Fc1ccc(F)c(C2CCCN2)c1.II.O=C1CCCN1.[B].[Cl-].[H-].[Mg+2].[Na+]. The van der Waals surface area contributed by atoms with Crippen molar-refractivity contribution in [3.05, 3.63) is 153 Å². The zero-order valence-electron chi connectivity index (χ0n) is 51.2. The van der Waals surface area contributed by atoms with E-state index in [2.05, 4.69) is 68.8 Å². The maximum Gasteiger partial charge on any atom is 2.00 e. The van der Waals surface area contributed by atoms with Gasteiger partial charge < -0.3 is 45.5 Å². The Labute approximate surface area is 583 Å². The first kappa shape index (κ1) is 92.3. The molecule has 1 unspecified atom stereocenters. The summed E-state index contributed by atoms with van der Waals surface area (Å²) in [5.74, 6) is -3.00. The molecule has 4 aromatic rings. The first-order chi connectivity index (χ1) is 39.1. The first-order valence-corrected chi connectivity index (χ1v) is 33.7. The van der Waals surface area contributed by atoms with Crippen molar-refractivity contribution in [2.24, 2.45) is 4.99 Å². The molecule has 3 radical (unpaired) electrons. The number of halogens is 12. The van der Waals surface area contributed by atoms with Crippen LogP contribution < -0.4 is 52.6 Å². The average Bonchev–Trinajstić information content (AvgIpc) is 4.53. The smallest absolute Gasteiger partial charge is 1.00 e. The zero-order valence-corrected chi connectivity index (χ0v) is 60.3. The molecule has 5 heterocycles. The van der Waals surface area contributed by atoms with E-state index in [1.807, 2.05) is 26.3 Å². The van der Waals surface area contributed by atoms with Crippen molar-refractivity contribution in [3.8, 4) is 6.07 Å². The van der Waals surface area contributed by atoms with Gasteiger partial charge in [0.1, 0.15) is 52.1 Å². The van der Waals surface area contributed by atoms with E-state index in [-0.39, 0.29) is 126 Å². The monoisotopic (exact) mass is 1540 g/mol. The number of carbonyl (C=O) groups is 3. The van der Waals surface area contributed by atoms with E-state index in [9.17, 15) is 49.5 Å². The minimum absolute atomic E-state index is 0. The molecule has 0 saturated carbocycles. The summed E-state index contributed by atoms with van der Waals surface area (Å²) in [5, 5.41) is 20.1. The molecule has 4 aromatic carbocycles. The normalized spacial score (nSPS) is 15.2. The fraction of sp³-hybridized carbons (Fsp3) is 0.467. The second kappa shape index (κ2) is 55.4. The van der Waals surface area contributed by atoms with Crippen LogP contribution in [-0.4, -0.2) is 117 Å². The molecule has 11 nitrogen and oxygen atoms in total. The van der Waals surface area contributed by atoms with E-state index in [1.165, 1.54) is 55.0 Å². The third-order valence-electron chi connectivity index (χ3n) is 11.1. The number of aliphatic hydroxyl groups is 1. The molecule has 3 amide bonds. The Morgan fingerprint density at radius 2 is 1.28 bits per heavy atom. The Hall–Kier alpha value is -2.43. The van der Waals surface area contributed by atoms with Gasteiger partial charge in [-0.05, 0) is 192 Å². The number of likely N-dealkylation sites (tertiary alicyclic amines) is 1. The van der Waals surface area contributed by atoms with Gasteiger partial charge in [-0.25, -0.2) is 44.8 Å². The van der Waals surface area contributed by atoms with Crippen LogP contribution in [0.25, 0.3) is 5.57 Å². The number of amides is 3. The third-order valence-corrected chi connectivity index (χ3v) is 11.7. The fourth-order valence-corrected chi connectivity index (χ4v) is 7.92. The molecular formula is C60H78BBrClF8I2MgN5NaO6. The van der Waals surface area contributed by atoms with Gasteiger partial charge in [0.2, 0.25) is 11.8 Å². The summed E-state index contributed by atoms with van der Waals surface area (Å²) < 4.78 is 113. The van der Waals surface area contributed by atoms with Gasteiger partial charge in [-0.3, -0.25) is 14.6 Å². The molecule has 86 heavy (non-hydrogen) atoms. The summed E-state index contributed by atoms with van der Waals surface area (Å²) in [6.45, 7) is 15.8. The molecule has 469 valence electrons. The molecular weight excluding hydrogens is 1470 g/mol. The molecule has 0 bridgehead atoms. The molecule has 3 N–H and O–H groups in total. The Bertz CT molecular complexity index is 2550. The van der Waals surface area contributed by atoms with Gasteiger partial charge in [-0.1, -0.05) is 6.08 Å². The minimum atomic E-state index is -0.528. The number of rotatable bonds is 3. The molecule has 5 aliphatic heterocycles. The third kappa shape index (κ3) is 41.1. The van der Waals surface area contributed by atoms with Crippen LogP contribution in [0.5, 0.6) is 0 Å². The number of aliphatic hydroxyl groups excluding tert-OH is 1. The summed E-state index contributed by atoms with van der Waals surface area (Å²) >= 11 is 7.07. The van der Waals surface area contributed by atoms with Gasteiger partial charge in [0, 0.05) is 134 Å². The van der Waals surface area contributed by atoms with Crippen LogP contribution in [0, 0.1) is 64.3 Å². The summed E-state index contributed by atoms with van der Waals surface area (Å²) in [6.07, 6.45) is 15.5. The molecule has 10 rings (SSSR count). The average molecular weight is 1540 g/mol. The van der Waals surface area contributed by atoms with E-state index in [1.54, 1.807) is 26.8 Å². The Balaban J connectivity index is -0.000000216. The summed E-state index contributed by atoms with van der Waals surface area (Å²) in [5.41, 5.74) is 2.31. The first-order valence-electron chi connectivity index (χ1n) is 26.6. The van der Waals surface area contributed by atoms with Gasteiger partial charge in [0.05, 0.1) is 10.5 Å². The van der Waals surface area contributed by atoms with Crippen LogP contribution in [0.15, 0.2) is 88.3 Å². The second-order valence-electron chi connectivity index (χ2n) is 18.9. The number of ether oxygens (including phenoxy) is 2. The Morgan fingerprint density at radius 1 is 0.767 bits per heavy atom. The zero-order chi connectivity index (χ0) is 62.0. The molecule has 6 aliphatic rings. The van der Waals surface area contributed by atoms with Crippen LogP contribution in [0.4, 0.5) is 39.9 Å². The number of benzene rings is 4. The van der Waals surface area contributed by atoms with Crippen LogP contribution in [-0.2, 0) is 19.1 Å². The van der Waals surface area contributed by atoms with Crippen molar-refractivity contribution in [3.63, 3.8) is 0 Å². The van der Waals surface area contributed by atoms with Crippen LogP contribution in [0.3, 0.4) is 0 Å². The fourth-order valence-electron chi connectivity index (χ4n) is 7.57. The van der Waals surface area contributed by atoms with Crippen molar-refractivity contribution < 1.29 is 107 Å². The van der Waals surface area contributed by atoms with Crippen LogP contribution in [0.1, 0.15) is 149 Å². The molecule has 4 saturated heterocycles. The summed E-state index contributed by atoms with van der Waals surface area (Å²) in [7, 11) is 1.00. The molecule has 26 heteroatoms. The summed E-state index contributed by atoms with van der Waals surface area (Å²) in [4.78, 5) is 37.9. The number of nitrogens with one attached hydrogen (secondary N) is 2. The Kier molecular flexibility index (Phi) is 59.5. The molecule has 0 aromatic heterocycles. The molecule has 0 spiro atoms. The van der Waals surface area contributed by atoms with Gasteiger partial charge in [0.15, 0.2) is 0 Å². The van der Waals surface area contributed by atoms with Crippen molar-refractivity contribution in [2.75, 3.05) is 46.5 Å². The van der Waals surface area contributed by atoms with Crippen molar-refractivity contribution >= 4 is 114 Å². The van der Waals surface area contributed by atoms with Crippen molar-refractivity contribution in [1.29, 1.82) is 5.26 Å². The topological polar surface area (TPSA) is 153 Å². The van der Waals surface area contributed by atoms with E-state index >= 15 is 0 Å². The van der Waals surface area contributed by atoms with Crippen LogP contribution >= 0.6 is 53.2 Å². The van der Waals surface area contributed by atoms with Gasteiger partial charge in [-0.2, -0.15) is 19.1 Å². The van der Waals surface area contributed by atoms with Crippen LogP contribution in [0.2, 0.25) is 0 Å². The number of hydrogen-bond donors (Lipinski definition) is 3. The quantitative estimate of drug-likeness (QED) is 0.0603.